The van der Waals surface area contributed by atoms with Gasteiger partial charge in [0, 0.05) is 19.2 Å². The number of carbonyl (C=O) groups excluding carboxylic acids is 2. The molecule has 2 rings (SSSR count). The molecular formula is C19H22N2O4. The summed E-state index contributed by atoms with van der Waals surface area (Å²) < 4.78 is 10.5. The van der Waals surface area contributed by atoms with Crippen LogP contribution in [-0.4, -0.2) is 32.6 Å². The molecule has 0 radical (unpaired) electrons. The molecule has 0 saturated carbocycles. The highest BCUT2D eigenvalue weighted by atomic mass is 16.5. The third-order valence-corrected chi connectivity index (χ3v) is 3.63. The van der Waals surface area contributed by atoms with E-state index in [9.17, 15) is 9.59 Å². The van der Waals surface area contributed by atoms with Crippen LogP contribution < -0.4 is 20.1 Å². The summed E-state index contributed by atoms with van der Waals surface area (Å²) in [6, 6.07) is 12.5. The van der Waals surface area contributed by atoms with Crippen LogP contribution in [0.5, 0.6) is 11.5 Å². The van der Waals surface area contributed by atoms with Crippen molar-refractivity contribution in [1.29, 1.82) is 0 Å². The second-order valence-corrected chi connectivity index (χ2v) is 5.41. The molecule has 0 atom stereocenters. The Morgan fingerprint density at radius 2 is 1.72 bits per heavy atom. The van der Waals surface area contributed by atoms with Gasteiger partial charge in [-0.3, -0.25) is 9.59 Å². The van der Waals surface area contributed by atoms with Gasteiger partial charge in [0.2, 0.25) is 5.91 Å². The molecule has 6 heteroatoms. The van der Waals surface area contributed by atoms with E-state index in [1.54, 1.807) is 37.4 Å². The van der Waals surface area contributed by atoms with Crippen molar-refractivity contribution in [3.8, 4) is 11.5 Å². The smallest absolute Gasteiger partial charge is 0.255 e. The highest BCUT2D eigenvalue weighted by Gasteiger charge is 2.11. The zero-order valence-corrected chi connectivity index (χ0v) is 14.6. The Morgan fingerprint density at radius 3 is 2.40 bits per heavy atom. The van der Waals surface area contributed by atoms with Gasteiger partial charge < -0.3 is 20.1 Å². The van der Waals surface area contributed by atoms with Crippen LogP contribution in [-0.2, 0) is 11.2 Å². The lowest BCUT2D eigenvalue weighted by molar-refractivity contribution is -0.114. The number of rotatable bonds is 7. The fraction of sp³-hybridized carbons (Fsp3) is 0.263. The van der Waals surface area contributed by atoms with Gasteiger partial charge in [0.1, 0.15) is 11.5 Å². The summed E-state index contributed by atoms with van der Waals surface area (Å²) in [7, 11) is 3.12. The van der Waals surface area contributed by atoms with Crippen LogP contribution in [0, 0.1) is 0 Å². The zero-order valence-electron chi connectivity index (χ0n) is 14.6. The summed E-state index contributed by atoms with van der Waals surface area (Å²) >= 11 is 0. The van der Waals surface area contributed by atoms with Gasteiger partial charge in [0.25, 0.3) is 5.91 Å². The van der Waals surface area contributed by atoms with Crippen molar-refractivity contribution in [1.82, 2.24) is 5.32 Å². The molecule has 132 valence electrons. The van der Waals surface area contributed by atoms with E-state index in [1.165, 1.54) is 14.0 Å². The fourth-order valence-electron chi connectivity index (χ4n) is 2.49. The predicted octanol–water partition coefficient (Wildman–Crippen LogP) is 2.63. The predicted molar refractivity (Wildman–Crippen MR) is 96.3 cm³/mol. The molecule has 0 aliphatic rings. The Bertz CT molecular complexity index is 759. The van der Waals surface area contributed by atoms with E-state index >= 15 is 0 Å². The maximum atomic E-state index is 12.3. The van der Waals surface area contributed by atoms with Crippen molar-refractivity contribution in [3.63, 3.8) is 0 Å². The van der Waals surface area contributed by atoms with Crippen LogP contribution >= 0.6 is 0 Å². The van der Waals surface area contributed by atoms with E-state index in [0.717, 1.165) is 5.56 Å². The van der Waals surface area contributed by atoms with Crippen LogP contribution in [0.1, 0.15) is 22.8 Å². The minimum Gasteiger partial charge on any atom is -0.496 e. The highest BCUT2D eigenvalue weighted by Crippen LogP contribution is 2.23. The Labute approximate surface area is 147 Å². The average molecular weight is 342 g/mol. The fourth-order valence-corrected chi connectivity index (χ4v) is 2.49. The van der Waals surface area contributed by atoms with Gasteiger partial charge in [-0.05, 0) is 42.3 Å². The third kappa shape index (κ3) is 4.97. The molecule has 2 N–H and O–H groups in total. The minimum absolute atomic E-state index is 0.138. The number of para-hydroxylation sites is 1. The summed E-state index contributed by atoms with van der Waals surface area (Å²) in [4.78, 5) is 23.5. The Balaban J connectivity index is 2.03. The van der Waals surface area contributed by atoms with E-state index in [-0.39, 0.29) is 11.8 Å². The number of hydrogen-bond acceptors (Lipinski definition) is 4. The second-order valence-electron chi connectivity index (χ2n) is 5.41. The summed E-state index contributed by atoms with van der Waals surface area (Å²) in [5.41, 5.74) is 2.08. The van der Waals surface area contributed by atoms with E-state index in [0.29, 0.717) is 35.7 Å². The lowest BCUT2D eigenvalue weighted by Gasteiger charge is -2.12. The summed E-state index contributed by atoms with van der Waals surface area (Å²) in [5.74, 6) is 0.904. The van der Waals surface area contributed by atoms with Crippen molar-refractivity contribution in [2.45, 2.75) is 13.3 Å². The van der Waals surface area contributed by atoms with Crippen LogP contribution in [0.4, 0.5) is 5.69 Å². The quantitative estimate of drug-likeness (QED) is 0.811. The van der Waals surface area contributed by atoms with Gasteiger partial charge in [0.05, 0.1) is 19.8 Å². The van der Waals surface area contributed by atoms with E-state index < -0.39 is 0 Å². The minimum atomic E-state index is -0.200. The maximum absolute atomic E-state index is 12.3. The number of nitrogens with one attached hydrogen (secondary N) is 2. The van der Waals surface area contributed by atoms with Gasteiger partial charge in [-0.2, -0.15) is 0 Å². The Kier molecular flexibility index (Phi) is 6.39. The summed E-state index contributed by atoms with van der Waals surface area (Å²) in [6.07, 6.45) is 0.567. The highest BCUT2D eigenvalue weighted by molar-refractivity contribution is 5.96. The van der Waals surface area contributed by atoms with Crippen molar-refractivity contribution in [2.24, 2.45) is 0 Å². The SMILES string of the molecule is COc1ccc(NC(C)=O)cc1CCNC(=O)c1ccccc1OC. The first-order valence-electron chi connectivity index (χ1n) is 7.91. The van der Waals surface area contributed by atoms with Crippen LogP contribution in [0.25, 0.3) is 0 Å². The average Bonchev–Trinajstić information content (AvgIpc) is 2.61. The normalized spacial score (nSPS) is 10.0. The van der Waals surface area contributed by atoms with Crippen molar-refractivity contribution in [2.75, 3.05) is 26.1 Å². The van der Waals surface area contributed by atoms with Crippen molar-refractivity contribution >= 4 is 17.5 Å². The molecule has 0 aliphatic heterocycles. The van der Waals surface area contributed by atoms with Crippen LogP contribution in [0.15, 0.2) is 42.5 Å². The first-order valence-corrected chi connectivity index (χ1v) is 7.91. The number of methoxy groups -OCH3 is 2. The first-order chi connectivity index (χ1) is 12.0. The number of anilines is 1. The topological polar surface area (TPSA) is 76.7 Å². The summed E-state index contributed by atoms with van der Waals surface area (Å²) in [5, 5.41) is 5.61. The standard InChI is InChI=1S/C19H22N2O4/c1-13(22)21-15-8-9-17(24-2)14(12-15)10-11-20-19(23)16-6-4-5-7-18(16)25-3/h4-9,12H,10-11H2,1-3H3,(H,20,23)(H,21,22). The largest absolute Gasteiger partial charge is 0.496 e. The molecule has 2 amide bonds. The number of hydrogen-bond donors (Lipinski definition) is 2. The van der Waals surface area contributed by atoms with E-state index in [2.05, 4.69) is 10.6 Å². The van der Waals surface area contributed by atoms with Crippen LogP contribution in [0.2, 0.25) is 0 Å². The molecule has 25 heavy (non-hydrogen) atoms. The number of amides is 2. The molecule has 2 aromatic rings. The molecule has 0 aliphatic carbocycles. The van der Waals surface area contributed by atoms with Crippen LogP contribution in [0.3, 0.4) is 0 Å². The first kappa shape index (κ1) is 18.3. The third-order valence-electron chi connectivity index (χ3n) is 3.63. The van der Waals surface area contributed by atoms with E-state index in [1.807, 2.05) is 12.1 Å². The molecule has 0 saturated heterocycles. The summed E-state index contributed by atoms with van der Waals surface area (Å²) in [6.45, 7) is 1.88. The van der Waals surface area contributed by atoms with Crippen molar-refractivity contribution < 1.29 is 19.1 Å². The Hall–Kier alpha value is -3.02. The number of ether oxygens (including phenoxy) is 2. The molecule has 0 spiro atoms. The lowest BCUT2D eigenvalue weighted by Crippen LogP contribution is -2.26. The maximum Gasteiger partial charge on any atom is 0.255 e. The monoisotopic (exact) mass is 342 g/mol. The number of carbonyl (C=O) groups is 2. The molecule has 6 nitrogen and oxygen atoms in total. The van der Waals surface area contributed by atoms with Gasteiger partial charge >= 0.3 is 0 Å². The molecule has 2 aromatic carbocycles. The molecule has 0 bridgehead atoms. The molecule has 0 unspecified atom stereocenters. The number of benzene rings is 2. The molecule has 0 heterocycles. The van der Waals surface area contributed by atoms with E-state index in [4.69, 9.17) is 9.47 Å². The van der Waals surface area contributed by atoms with Crippen molar-refractivity contribution in [3.05, 3.63) is 53.6 Å². The lowest BCUT2D eigenvalue weighted by atomic mass is 10.1. The van der Waals surface area contributed by atoms with Gasteiger partial charge in [0.15, 0.2) is 0 Å². The molecular weight excluding hydrogens is 320 g/mol. The molecule has 0 aromatic heterocycles. The van der Waals surface area contributed by atoms with Gasteiger partial charge in [-0.25, -0.2) is 0 Å². The second kappa shape index (κ2) is 8.73. The Morgan fingerprint density at radius 1 is 1.00 bits per heavy atom. The van der Waals surface area contributed by atoms with Gasteiger partial charge in [-0.1, -0.05) is 12.1 Å². The van der Waals surface area contributed by atoms with Gasteiger partial charge in [-0.15, -0.1) is 0 Å². The zero-order chi connectivity index (χ0) is 18.2. The molecule has 0 fully saturated rings.